The summed E-state index contributed by atoms with van der Waals surface area (Å²) >= 11 is 0. The number of morpholine rings is 1. The SMILES string of the molecule is CC(C)(CN1CC2CC(C1)O2)S(=O)(=O)C1(C)CC1. The Morgan fingerprint density at radius 1 is 1.28 bits per heavy atom. The lowest BCUT2D eigenvalue weighted by Gasteiger charge is -2.48. The molecule has 0 aromatic heterocycles. The molecule has 0 aromatic rings. The minimum absolute atomic E-state index is 0.346. The van der Waals surface area contributed by atoms with Crippen LogP contribution in [0.15, 0.2) is 0 Å². The van der Waals surface area contributed by atoms with Crippen LogP contribution in [0.25, 0.3) is 0 Å². The average Bonchev–Trinajstić information content (AvgIpc) is 2.96. The number of fused-ring (bicyclic) bond motifs is 2. The Bertz CT molecular complexity index is 437. The van der Waals surface area contributed by atoms with Crippen molar-refractivity contribution in [2.45, 2.75) is 61.7 Å². The van der Waals surface area contributed by atoms with Gasteiger partial charge in [0.25, 0.3) is 0 Å². The van der Waals surface area contributed by atoms with Gasteiger partial charge in [-0.25, -0.2) is 8.42 Å². The molecule has 4 rings (SSSR count). The number of rotatable bonds is 4. The van der Waals surface area contributed by atoms with E-state index in [2.05, 4.69) is 4.90 Å². The van der Waals surface area contributed by atoms with Crippen molar-refractivity contribution in [2.75, 3.05) is 19.6 Å². The number of hydrogen-bond acceptors (Lipinski definition) is 4. The summed E-state index contributed by atoms with van der Waals surface area (Å²) in [6, 6.07) is 0. The van der Waals surface area contributed by atoms with Crippen LogP contribution in [-0.2, 0) is 14.6 Å². The number of nitrogens with zero attached hydrogens (tertiary/aromatic N) is 1. The highest BCUT2D eigenvalue weighted by atomic mass is 32.2. The van der Waals surface area contributed by atoms with Crippen molar-refractivity contribution < 1.29 is 13.2 Å². The molecule has 104 valence electrons. The van der Waals surface area contributed by atoms with Gasteiger partial charge in [-0.3, -0.25) is 4.90 Å². The zero-order chi connectivity index (χ0) is 13.2. The highest BCUT2D eigenvalue weighted by Crippen LogP contribution is 2.48. The van der Waals surface area contributed by atoms with Gasteiger partial charge < -0.3 is 4.74 Å². The van der Waals surface area contributed by atoms with Crippen LogP contribution >= 0.6 is 0 Å². The second-order valence-corrected chi connectivity index (χ2v) is 10.1. The Morgan fingerprint density at radius 3 is 2.22 bits per heavy atom. The van der Waals surface area contributed by atoms with Crippen molar-refractivity contribution in [3.8, 4) is 0 Å². The quantitative estimate of drug-likeness (QED) is 0.772. The Kier molecular flexibility index (Phi) is 2.65. The molecular formula is C13H23NO3S. The first-order valence-electron chi connectivity index (χ1n) is 6.86. The standard InChI is InChI=1S/C13H23NO3S/c1-12(2,18(15,16)13(3)4-5-13)9-14-7-10-6-11(8-14)17-10/h10-11H,4-9H2,1-3H3. The lowest BCUT2D eigenvalue weighted by atomic mass is 9.98. The van der Waals surface area contributed by atoms with Crippen LogP contribution in [0.5, 0.6) is 0 Å². The molecule has 4 fully saturated rings. The van der Waals surface area contributed by atoms with Gasteiger partial charge in [-0.1, -0.05) is 0 Å². The number of sulfone groups is 1. The maximum atomic E-state index is 12.6. The third-order valence-electron chi connectivity index (χ3n) is 4.77. The van der Waals surface area contributed by atoms with Crippen LogP contribution < -0.4 is 0 Å². The van der Waals surface area contributed by atoms with Gasteiger partial charge in [0, 0.05) is 26.1 Å². The molecule has 0 amide bonds. The Morgan fingerprint density at radius 2 is 1.78 bits per heavy atom. The van der Waals surface area contributed by atoms with E-state index in [0.717, 1.165) is 32.4 Å². The molecule has 0 aromatic carbocycles. The number of piperidine rings is 1. The summed E-state index contributed by atoms with van der Waals surface area (Å²) in [5.74, 6) is 0. The lowest BCUT2D eigenvalue weighted by molar-refractivity contribution is -0.181. The molecule has 3 heterocycles. The van der Waals surface area contributed by atoms with Crippen molar-refractivity contribution in [3.05, 3.63) is 0 Å². The minimum Gasteiger partial charge on any atom is -0.372 e. The van der Waals surface area contributed by atoms with E-state index in [9.17, 15) is 8.42 Å². The Labute approximate surface area is 110 Å². The largest absolute Gasteiger partial charge is 0.372 e. The molecule has 2 unspecified atom stereocenters. The predicted molar refractivity (Wildman–Crippen MR) is 70.4 cm³/mol. The lowest BCUT2D eigenvalue weighted by Crippen LogP contribution is -2.60. The molecule has 0 spiro atoms. The summed E-state index contributed by atoms with van der Waals surface area (Å²) < 4.78 is 29.8. The van der Waals surface area contributed by atoms with Gasteiger partial charge in [0.2, 0.25) is 0 Å². The van der Waals surface area contributed by atoms with E-state index >= 15 is 0 Å². The molecule has 2 bridgehead atoms. The van der Waals surface area contributed by atoms with E-state index in [4.69, 9.17) is 4.74 Å². The van der Waals surface area contributed by atoms with Crippen LogP contribution in [0, 0.1) is 0 Å². The van der Waals surface area contributed by atoms with Gasteiger partial charge in [-0.05, 0) is 33.6 Å². The smallest absolute Gasteiger partial charge is 0.162 e. The van der Waals surface area contributed by atoms with Crippen molar-refractivity contribution in [2.24, 2.45) is 0 Å². The van der Waals surface area contributed by atoms with Gasteiger partial charge in [0.1, 0.15) is 0 Å². The van der Waals surface area contributed by atoms with Crippen molar-refractivity contribution in [1.29, 1.82) is 0 Å². The Hall–Kier alpha value is -0.130. The van der Waals surface area contributed by atoms with Crippen molar-refractivity contribution in [3.63, 3.8) is 0 Å². The van der Waals surface area contributed by atoms with Crippen LogP contribution in [0.1, 0.15) is 40.0 Å². The average molecular weight is 273 g/mol. The minimum atomic E-state index is -3.05. The van der Waals surface area contributed by atoms with Gasteiger partial charge in [0.05, 0.1) is 21.7 Å². The third-order valence-corrected chi connectivity index (χ3v) is 8.06. The molecule has 1 aliphatic carbocycles. The fourth-order valence-corrected chi connectivity index (χ4v) is 5.63. The third kappa shape index (κ3) is 1.82. The predicted octanol–water partition coefficient (Wildman–Crippen LogP) is 1.21. The van der Waals surface area contributed by atoms with Crippen molar-refractivity contribution >= 4 is 9.84 Å². The fourth-order valence-electron chi connectivity index (χ4n) is 3.30. The van der Waals surface area contributed by atoms with Gasteiger partial charge in [-0.15, -0.1) is 0 Å². The Balaban J connectivity index is 1.71. The molecule has 5 heteroatoms. The molecule has 2 atom stereocenters. The highest BCUT2D eigenvalue weighted by Gasteiger charge is 2.56. The normalized spacial score (nSPS) is 35.1. The summed E-state index contributed by atoms with van der Waals surface area (Å²) in [5, 5.41) is 0. The molecular weight excluding hydrogens is 250 g/mol. The number of ether oxygens (including phenoxy) is 1. The molecule has 1 saturated carbocycles. The van der Waals surface area contributed by atoms with E-state index in [1.54, 1.807) is 0 Å². The highest BCUT2D eigenvalue weighted by molar-refractivity contribution is 7.94. The van der Waals surface area contributed by atoms with Crippen molar-refractivity contribution in [1.82, 2.24) is 4.90 Å². The zero-order valence-electron chi connectivity index (χ0n) is 11.5. The van der Waals surface area contributed by atoms with E-state index in [0.29, 0.717) is 18.8 Å². The number of hydrogen-bond donors (Lipinski definition) is 0. The molecule has 18 heavy (non-hydrogen) atoms. The molecule has 0 N–H and O–H groups in total. The molecule has 0 radical (unpaired) electrons. The van der Waals surface area contributed by atoms with E-state index < -0.39 is 19.3 Å². The molecule has 4 aliphatic rings. The van der Waals surface area contributed by atoms with E-state index in [1.165, 1.54) is 0 Å². The summed E-state index contributed by atoms with van der Waals surface area (Å²) in [4.78, 5) is 2.27. The van der Waals surface area contributed by atoms with Gasteiger partial charge in [0.15, 0.2) is 9.84 Å². The van der Waals surface area contributed by atoms with Crippen LogP contribution in [0.2, 0.25) is 0 Å². The first kappa shape index (κ1) is 12.9. The second kappa shape index (κ2) is 3.70. The zero-order valence-corrected chi connectivity index (χ0v) is 12.3. The summed E-state index contributed by atoms with van der Waals surface area (Å²) in [7, 11) is -3.05. The summed E-state index contributed by atoms with van der Waals surface area (Å²) in [5.41, 5.74) is 0. The van der Waals surface area contributed by atoms with Crippen LogP contribution in [0.3, 0.4) is 0 Å². The summed E-state index contributed by atoms with van der Waals surface area (Å²) in [6.07, 6.45) is 3.50. The monoisotopic (exact) mass is 273 g/mol. The van der Waals surface area contributed by atoms with Gasteiger partial charge >= 0.3 is 0 Å². The first-order chi connectivity index (χ1) is 8.23. The maximum Gasteiger partial charge on any atom is 0.162 e. The fraction of sp³-hybridized carbons (Fsp3) is 1.00. The topological polar surface area (TPSA) is 46.6 Å². The van der Waals surface area contributed by atoms with E-state index in [-0.39, 0.29) is 0 Å². The van der Waals surface area contributed by atoms with Crippen LogP contribution in [-0.4, -0.2) is 54.7 Å². The second-order valence-electron chi connectivity index (χ2n) is 7.02. The summed E-state index contributed by atoms with van der Waals surface area (Å²) in [6.45, 7) is 8.08. The maximum absolute atomic E-state index is 12.6. The van der Waals surface area contributed by atoms with E-state index in [1.807, 2.05) is 20.8 Å². The molecule has 4 nitrogen and oxygen atoms in total. The first-order valence-corrected chi connectivity index (χ1v) is 8.34. The van der Waals surface area contributed by atoms with Crippen LogP contribution in [0.4, 0.5) is 0 Å². The molecule has 3 aliphatic heterocycles. The molecule has 3 saturated heterocycles. The van der Waals surface area contributed by atoms with Gasteiger partial charge in [-0.2, -0.15) is 0 Å².